The zero-order valence-electron chi connectivity index (χ0n) is 7.60. The summed E-state index contributed by atoms with van der Waals surface area (Å²) in [7, 11) is 1.79. The maximum Gasteiger partial charge on any atom is 0.114 e. The molecule has 0 saturated carbocycles. The Morgan fingerprint density at radius 2 is 2.23 bits per heavy atom. The van der Waals surface area contributed by atoms with Gasteiger partial charge in [0.2, 0.25) is 0 Å². The van der Waals surface area contributed by atoms with E-state index in [4.69, 9.17) is 4.74 Å². The SMILES string of the molecule is Cn1cc(C2(O)CCOCC2)nn1. The molecule has 0 spiro atoms. The van der Waals surface area contributed by atoms with E-state index in [2.05, 4.69) is 10.3 Å². The fourth-order valence-electron chi connectivity index (χ4n) is 1.53. The first-order valence-corrected chi connectivity index (χ1v) is 4.38. The predicted molar refractivity (Wildman–Crippen MR) is 45.0 cm³/mol. The highest BCUT2D eigenvalue weighted by molar-refractivity contribution is 5.07. The first-order chi connectivity index (χ1) is 6.21. The molecule has 1 aromatic rings. The van der Waals surface area contributed by atoms with E-state index in [1.807, 2.05) is 0 Å². The van der Waals surface area contributed by atoms with Crippen LogP contribution in [0.25, 0.3) is 0 Å². The Morgan fingerprint density at radius 3 is 2.77 bits per heavy atom. The number of rotatable bonds is 1. The molecule has 72 valence electrons. The standard InChI is InChI=1S/C8H13N3O2/c1-11-6-7(9-10-11)8(12)2-4-13-5-3-8/h6,12H,2-5H2,1H3. The van der Waals surface area contributed by atoms with Gasteiger partial charge < -0.3 is 9.84 Å². The van der Waals surface area contributed by atoms with Crippen LogP contribution in [-0.4, -0.2) is 33.3 Å². The fourth-order valence-corrected chi connectivity index (χ4v) is 1.53. The van der Waals surface area contributed by atoms with Crippen molar-refractivity contribution in [1.82, 2.24) is 15.0 Å². The number of aliphatic hydroxyl groups is 1. The first kappa shape index (κ1) is 8.65. The zero-order chi connectivity index (χ0) is 9.31. The Hall–Kier alpha value is -0.940. The Balaban J connectivity index is 2.22. The molecule has 0 aliphatic carbocycles. The van der Waals surface area contributed by atoms with Gasteiger partial charge in [0, 0.05) is 33.1 Å². The minimum Gasteiger partial charge on any atom is -0.383 e. The van der Waals surface area contributed by atoms with Gasteiger partial charge in [-0.3, -0.25) is 4.68 Å². The molecule has 0 bridgehead atoms. The molecular formula is C8H13N3O2. The minimum absolute atomic E-state index is 0.590. The lowest BCUT2D eigenvalue weighted by atomic mass is 9.91. The Bertz CT molecular complexity index is 291. The molecular weight excluding hydrogens is 170 g/mol. The van der Waals surface area contributed by atoms with Crippen molar-refractivity contribution in [2.75, 3.05) is 13.2 Å². The highest BCUT2D eigenvalue weighted by Crippen LogP contribution is 2.29. The number of nitrogens with zero attached hydrogens (tertiary/aromatic N) is 3. The molecule has 13 heavy (non-hydrogen) atoms. The lowest BCUT2D eigenvalue weighted by molar-refractivity contribution is -0.0706. The van der Waals surface area contributed by atoms with Crippen LogP contribution in [-0.2, 0) is 17.4 Å². The van der Waals surface area contributed by atoms with Crippen LogP contribution in [0.4, 0.5) is 0 Å². The average Bonchev–Trinajstić information content (AvgIpc) is 2.54. The van der Waals surface area contributed by atoms with E-state index < -0.39 is 5.60 Å². The van der Waals surface area contributed by atoms with E-state index in [9.17, 15) is 5.11 Å². The summed E-state index contributed by atoms with van der Waals surface area (Å²) in [6.07, 6.45) is 2.96. The van der Waals surface area contributed by atoms with Gasteiger partial charge in [0.1, 0.15) is 11.3 Å². The summed E-state index contributed by atoms with van der Waals surface area (Å²) in [4.78, 5) is 0. The normalized spacial score (nSPS) is 21.7. The minimum atomic E-state index is -0.827. The monoisotopic (exact) mass is 183 g/mol. The van der Waals surface area contributed by atoms with Crippen LogP contribution in [0.5, 0.6) is 0 Å². The molecule has 1 aliphatic heterocycles. The van der Waals surface area contributed by atoms with Crippen LogP contribution in [0, 0.1) is 0 Å². The van der Waals surface area contributed by atoms with E-state index in [1.165, 1.54) is 0 Å². The number of aromatic nitrogens is 3. The summed E-state index contributed by atoms with van der Waals surface area (Å²) in [5.74, 6) is 0. The van der Waals surface area contributed by atoms with Gasteiger partial charge in [-0.05, 0) is 0 Å². The third-order valence-corrected chi connectivity index (χ3v) is 2.40. The van der Waals surface area contributed by atoms with Crippen molar-refractivity contribution in [3.8, 4) is 0 Å². The largest absolute Gasteiger partial charge is 0.383 e. The maximum absolute atomic E-state index is 10.2. The molecule has 0 aromatic carbocycles. The number of aryl methyl sites for hydroxylation is 1. The van der Waals surface area contributed by atoms with Crippen LogP contribution in [0.2, 0.25) is 0 Å². The van der Waals surface area contributed by atoms with E-state index in [-0.39, 0.29) is 0 Å². The van der Waals surface area contributed by atoms with E-state index in [0.29, 0.717) is 31.7 Å². The molecule has 1 aromatic heterocycles. The van der Waals surface area contributed by atoms with Crippen molar-refractivity contribution in [3.63, 3.8) is 0 Å². The molecule has 0 amide bonds. The topological polar surface area (TPSA) is 60.2 Å². The number of ether oxygens (including phenoxy) is 1. The Labute approximate surface area is 76.3 Å². The number of hydrogen-bond acceptors (Lipinski definition) is 4. The van der Waals surface area contributed by atoms with Gasteiger partial charge in [-0.25, -0.2) is 0 Å². The average molecular weight is 183 g/mol. The zero-order valence-corrected chi connectivity index (χ0v) is 7.60. The molecule has 5 heteroatoms. The third-order valence-electron chi connectivity index (χ3n) is 2.40. The highest BCUT2D eigenvalue weighted by Gasteiger charge is 2.34. The van der Waals surface area contributed by atoms with Gasteiger partial charge in [0.05, 0.1) is 6.20 Å². The second kappa shape index (κ2) is 3.08. The summed E-state index contributed by atoms with van der Waals surface area (Å²) in [6.45, 7) is 1.18. The predicted octanol–water partition coefficient (Wildman–Crippen LogP) is -0.187. The van der Waals surface area contributed by atoms with E-state index in [0.717, 1.165) is 0 Å². The molecule has 0 unspecified atom stereocenters. The van der Waals surface area contributed by atoms with Gasteiger partial charge in [-0.15, -0.1) is 5.10 Å². The smallest absolute Gasteiger partial charge is 0.114 e. The molecule has 5 nitrogen and oxygen atoms in total. The summed E-state index contributed by atoms with van der Waals surface area (Å²) in [6, 6.07) is 0. The van der Waals surface area contributed by atoms with Gasteiger partial charge >= 0.3 is 0 Å². The lowest BCUT2D eigenvalue weighted by Gasteiger charge is -2.29. The van der Waals surface area contributed by atoms with Crippen LogP contribution in [0.1, 0.15) is 18.5 Å². The summed E-state index contributed by atoms with van der Waals surface area (Å²) < 4.78 is 6.78. The van der Waals surface area contributed by atoms with Crippen molar-refractivity contribution < 1.29 is 9.84 Å². The second-order valence-electron chi connectivity index (χ2n) is 3.42. The summed E-state index contributed by atoms with van der Waals surface area (Å²) in [5.41, 5.74) is -0.176. The Morgan fingerprint density at radius 1 is 1.54 bits per heavy atom. The molecule has 0 radical (unpaired) electrons. The fraction of sp³-hybridized carbons (Fsp3) is 0.750. The molecule has 1 fully saturated rings. The quantitative estimate of drug-likeness (QED) is 0.655. The molecule has 2 rings (SSSR count). The van der Waals surface area contributed by atoms with Gasteiger partial charge in [-0.2, -0.15) is 0 Å². The van der Waals surface area contributed by atoms with Crippen LogP contribution in [0.15, 0.2) is 6.20 Å². The van der Waals surface area contributed by atoms with Crippen LogP contribution < -0.4 is 0 Å². The number of hydrogen-bond donors (Lipinski definition) is 1. The van der Waals surface area contributed by atoms with Gasteiger partial charge in [0.25, 0.3) is 0 Å². The first-order valence-electron chi connectivity index (χ1n) is 4.38. The highest BCUT2D eigenvalue weighted by atomic mass is 16.5. The lowest BCUT2D eigenvalue weighted by Crippen LogP contribution is -2.33. The van der Waals surface area contributed by atoms with Crippen LogP contribution in [0.3, 0.4) is 0 Å². The van der Waals surface area contributed by atoms with Crippen molar-refractivity contribution in [3.05, 3.63) is 11.9 Å². The van der Waals surface area contributed by atoms with E-state index in [1.54, 1.807) is 17.9 Å². The molecule has 2 heterocycles. The molecule has 1 saturated heterocycles. The maximum atomic E-state index is 10.2. The second-order valence-corrected chi connectivity index (χ2v) is 3.42. The Kier molecular flexibility index (Phi) is 2.05. The third kappa shape index (κ3) is 1.57. The molecule has 0 atom stereocenters. The van der Waals surface area contributed by atoms with Crippen molar-refractivity contribution in [2.45, 2.75) is 18.4 Å². The molecule has 1 aliphatic rings. The van der Waals surface area contributed by atoms with Crippen molar-refractivity contribution >= 4 is 0 Å². The van der Waals surface area contributed by atoms with E-state index >= 15 is 0 Å². The van der Waals surface area contributed by atoms with Crippen molar-refractivity contribution in [1.29, 1.82) is 0 Å². The summed E-state index contributed by atoms with van der Waals surface area (Å²) in [5, 5.41) is 17.9. The summed E-state index contributed by atoms with van der Waals surface area (Å²) >= 11 is 0. The van der Waals surface area contributed by atoms with Gasteiger partial charge in [-0.1, -0.05) is 5.21 Å². The molecule has 1 N–H and O–H groups in total. The van der Waals surface area contributed by atoms with Gasteiger partial charge in [0.15, 0.2) is 0 Å². The van der Waals surface area contributed by atoms with Crippen molar-refractivity contribution in [2.24, 2.45) is 7.05 Å². The van der Waals surface area contributed by atoms with Crippen LogP contribution >= 0.6 is 0 Å².